The van der Waals surface area contributed by atoms with Crippen molar-refractivity contribution in [3.8, 4) is 0 Å². The number of hydrogen-bond donors (Lipinski definition) is 2. The lowest BCUT2D eigenvalue weighted by atomic mass is 10.1. The van der Waals surface area contributed by atoms with Crippen LogP contribution in [0.4, 0.5) is 11.4 Å². The predicted octanol–water partition coefficient (Wildman–Crippen LogP) is 2.14. The van der Waals surface area contributed by atoms with Gasteiger partial charge in [-0.1, -0.05) is 24.3 Å². The summed E-state index contributed by atoms with van der Waals surface area (Å²) in [6.45, 7) is 6.97. The molecule has 2 amide bonds. The van der Waals surface area contributed by atoms with Crippen molar-refractivity contribution in [2.75, 3.05) is 57.1 Å². The Hall–Kier alpha value is -2.79. The lowest BCUT2D eigenvalue weighted by Gasteiger charge is -2.26. The first-order valence-electron chi connectivity index (χ1n) is 11.1. The Morgan fingerprint density at radius 1 is 0.941 bits per heavy atom. The van der Waals surface area contributed by atoms with Crippen LogP contribution in [0, 0.1) is 20.8 Å². The molecule has 0 aromatic heterocycles. The number of sulfonamides is 1. The van der Waals surface area contributed by atoms with Crippen LogP contribution in [0.1, 0.15) is 16.7 Å². The van der Waals surface area contributed by atoms with Crippen LogP contribution in [0.2, 0.25) is 0 Å². The van der Waals surface area contributed by atoms with Gasteiger partial charge in [0.1, 0.15) is 0 Å². The number of aryl methyl sites for hydroxylation is 3. The van der Waals surface area contributed by atoms with Crippen LogP contribution < -0.4 is 10.6 Å². The summed E-state index contributed by atoms with van der Waals surface area (Å²) in [5, 5.41) is 5.68. The van der Waals surface area contributed by atoms with Gasteiger partial charge in [-0.15, -0.1) is 0 Å². The summed E-state index contributed by atoms with van der Waals surface area (Å²) in [5.74, 6) is -0.561. The van der Waals surface area contributed by atoms with Crippen LogP contribution in [0.3, 0.4) is 0 Å². The SMILES string of the molecule is Cc1ccc(S(=O)(=O)N2CCOCC2)cc1NC(=O)CN(C)CC(=O)Nc1c(C)cccc1C. The number of rotatable bonds is 8. The molecule has 0 bridgehead atoms. The molecule has 0 aliphatic carbocycles. The number of carbonyl (C=O) groups is 2. The number of anilines is 2. The number of likely N-dealkylation sites (N-methyl/N-ethyl adjacent to an activating group) is 1. The molecule has 2 N–H and O–H groups in total. The van der Waals surface area contributed by atoms with E-state index in [1.54, 1.807) is 31.0 Å². The molecule has 0 spiro atoms. The fourth-order valence-corrected chi connectivity index (χ4v) is 5.19. The first kappa shape index (κ1) is 25.8. The minimum atomic E-state index is -3.67. The minimum absolute atomic E-state index is 0.0277. The Labute approximate surface area is 201 Å². The van der Waals surface area contributed by atoms with E-state index in [0.29, 0.717) is 32.0 Å². The van der Waals surface area contributed by atoms with Crippen molar-refractivity contribution in [3.05, 3.63) is 53.1 Å². The first-order valence-corrected chi connectivity index (χ1v) is 12.5. The molecule has 0 radical (unpaired) electrons. The van der Waals surface area contributed by atoms with E-state index in [1.165, 1.54) is 10.4 Å². The number of nitrogens with one attached hydrogen (secondary N) is 2. The Bertz CT molecular complexity index is 1140. The highest BCUT2D eigenvalue weighted by molar-refractivity contribution is 7.89. The van der Waals surface area contributed by atoms with Gasteiger partial charge < -0.3 is 15.4 Å². The van der Waals surface area contributed by atoms with Crippen LogP contribution in [0.25, 0.3) is 0 Å². The van der Waals surface area contributed by atoms with Crippen molar-refractivity contribution in [3.63, 3.8) is 0 Å². The van der Waals surface area contributed by atoms with Gasteiger partial charge in [0, 0.05) is 24.5 Å². The smallest absolute Gasteiger partial charge is 0.243 e. The van der Waals surface area contributed by atoms with Gasteiger partial charge in [0.25, 0.3) is 0 Å². The highest BCUT2D eigenvalue weighted by Gasteiger charge is 2.27. The number of hydrogen-bond acceptors (Lipinski definition) is 6. The van der Waals surface area contributed by atoms with Crippen LogP contribution >= 0.6 is 0 Å². The van der Waals surface area contributed by atoms with Crippen molar-refractivity contribution < 1.29 is 22.7 Å². The highest BCUT2D eigenvalue weighted by atomic mass is 32.2. The highest BCUT2D eigenvalue weighted by Crippen LogP contribution is 2.24. The van der Waals surface area contributed by atoms with Crippen molar-refractivity contribution in [2.45, 2.75) is 25.7 Å². The van der Waals surface area contributed by atoms with Gasteiger partial charge in [0.05, 0.1) is 31.2 Å². The van der Waals surface area contributed by atoms with E-state index in [4.69, 9.17) is 4.74 Å². The van der Waals surface area contributed by atoms with Gasteiger partial charge in [-0.2, -0.15) is 4.31 Å². The van der Waals surface area contributed by atoms with E-state index in [-0.39, 0.29) is 29.8 Å². The number of morpholine rings is 1. The minimum Gasteiger partial charge on any atom is -0.379 e. The molecule has 0 saturated carbocycles. The quantitative estimate of drug-likeness (QED) is 0.590. The summed E-state index contributed by atoms with van der Waals surface area (Å²) in [5.41, 5.74) is 3.88. The van der Waals surface area contributed by atoms with E-state index < -0.39 is 10.0 Å². The second kappa shape index (κ2) is 11.1. The summed E-state index contributed by atoms with van der Waals surface area (Å²) in [6.07, 6.45) is 0. The van der Waals surface area contributed by atoms with Gasteiger partial charge in [-0.25, -0.2) is 8.42 Å². The lowest BCUT2D eigenvalue weighted by molar-refractivity contribution is -0.119. The number of nitrogens with zero attached hydrogens (tertiary/aromatic N) is 2. The molecule has 1 aliphatic rings. The molecule has 1 aliphatic heterocycles. The average molecular weight is 489 g/mol. The van der Waals surface area contributed by atoms with Gasteiger partial charge in [-0.05, 0) is 56.6 Å². The molecular weight excluding hydrogens is 456 g/mol. The molecule has 184 valence electrons. The number of ether oxygens (including phenoxy) is 1. The third-order valence-corrected chi connectivity index (χ3v) is 7.56. The fourth-order valence-electron chi connectivity index (χ4n) is 3.76. The van der Waals surface area contributed by atoms with E-state index in [0.717, 1.165) is 22.4 Å². The van der Waals surface area contributed by atoms with Crippen molar-refractivity contribution >= 4 is 33.2 Å². The zero-order valence-electron chi connectivity index (χ0n) is 20.1. The lowest BCUT2D eigenvalue weighted by Crippen LogP contribution is -2.40. The Balaban J connectivity index is 1.60. The molecule has 1 saturated heterocycles. The Morgan fingerprint density at radius 3 is 2.15 bits per heavy atom. The normalized spacial score (nSPS) is 14.7. The van der Waals surface area contributed by atoms with E-state index in [9.17, 15) is 18.0 Å². The largest absolute Gasteiger partial charge is 0.379 e. The topological polar surface area (TPSA) is 108 Å². The number of carbonyl (C=O) groups excluding carboxylic acids is 2. The Kier molecular flexibility index (Phi) is 8.42. The molecule has 0 unspecified atom stereocenters. The van der Waals surface area contributed by atoms with E-state index in [1.807, 2.05) is 32.0 Å². The van der Waals surface area contributed by atoms with E-state index >= 15 is 0 Å². The average Bonchev–Trinajstić information content (AvgIpc) is 2.78. The first-order chi connectivity index (χ1) is 16.1. The van der Waals surface area contributed by atoms with Gasteiger partial charge in [0.2, 0.25) is 21.8 Å². The van der Waals surface area contributed by atoms with Gasteiger partial charge in [-0.3, -0.25) is 14.5 Å². The summed E-state index contributed by atoms with van der Waals surface area (Å²) >= 11 is 0. The van der Waals surface area contributed by atoms with E-state index in [2.05, 4.69) is 10.6 Å². The zero-order valence-corrected chi connectivity index (χ0v) is 20.9. The van der Waals surface area contributed by atoms with Crippen LogP contribution in [-0.2, 0) is 24.3 Å². The van der Waals surface area contributed by atoms with Crippen molar-refractivity contribution in [2.24, 2.45) is 0 Å². The molecule has 9 nitrogen and oxygen atoms in total. The molecule has 1 fully saturated rings. The van der Waals surface area contributed by atoms with Gasteiger partial charge in [0.15, 0.2) is 0 Å². The second-order valence-corrected chi connectivity index (χ2v) is 10.5. The summed E-state index contributed by atoms with van der Waals surface area (Å²) in [4.78, 5) is 26.8. The van der Waals surface area contributed by atoms with Crippen LogP contribution in [-0.4, -0.2) is 75.9 Å². The molecule has 34 heavy (non-hydrogen) atoms. The summed E-state index contributed by atoms with van der Waals surface area (Å²) in [6, 6.07) is 10.5. The maximum Gasteiger partial charge on any atom is 0.243 e. The molecule has 0 atom stereocenters. The maximum absolute atomic E-state index is 12.9. The zero-order chi connectivity index (χ0) is 24.9. The summed E-state index contributed by atoms with van der Waals surface area (Å²) < 4.78 is 32.5. The molecule has 10 heteroatoms. The number of benzene rings is 2. The predicted molar refractivity (Wildman–Crippen MR) is 131 cm³/mol. The molecule has 2 aromatic rings. The van der Waals surface area contributed by atoms with Gasteiger partial charge >= 0.3 is 0 Å². The Morgan fingerprint density at radius 2 is 1.53 bits per heavy atom. The maximum atomic E-state index is 12.9. The molecule has 3 rings (SSSR count). The molecular formula is C24H32N4O5S. The van der Waals surface area contributed by atoms with Crippen molar-refractivity contribution in [1.82, 2.24) is 9.21 Å². The van der Waals surface area contributed by atoms with Crippen LogP contribution in [0.15, 0.2) is 41.3 Å². The third-order valence-electron chi connectivity index (χ3n) is 5.66. The molecule has 1 heterocycles. The van der Waals surface area contributed by atoms with Crippen LogP contribution in [0.5, 0.6) is 0 Å². The summed E-state index contributed by atoms with van der Waals surface area (Å²) in [7, 11) is -2.00. The van der Waals surface area contributed by atoms with Crippen molar-refractivity contribution in [1.29, 1.82) is 0 Å². The number of para-hydroxylation sites is 1. The third kappa shape index (κ3) is 6.41. The number of amides is 2. The monoisotopic (exact) mass is 488 g/mol. The standard InChI is InChI=1S/C24H32N4O5S/c1-17-8-9-20(34(31,32)28-10-12-33-13-11-28)14-21(17)25-22(29)15-27(4)16-23(30)26-24-18(2)6-5-7-19(24)3/h5-9,14H,10-13,15-16H2,1-4H3,(H,25,29)(H,26,30). The fraction of sp³-hybridized carbons (Fsp3) is 0.417. The second-order valence-electron chi connectivity index (χ2n) is 8.53. The molecule has 2 aromatic carbocycles.